The molecule has 0 amide bonds. The Kier molecular flexibility index (Phi) is 4.94. The summed E-state index contributed by atoms with van der Waals surface area (Å²) in [7, 11) is -3.71. The molecule has 0 saturated carbocycles. The Morgan fingerprint density at radius 3 is 2.10 bits per heavy atom. The Labute approximate surface area is 123 Å². The summed E-state index contributed by atoms with van der Waals surface area (Å²) >= 11 is 5.74. The number of nitrogens with one attached hydrogen (secondary N) is 1. The van der Waals surface area contributed by atoms with Crippen molar-refractivity contribution in [1.29, 1.82) is 0 Å². The Hall–Kier alpha value is -1.40. The third-order valence-corrected chi connectivity index (χ3v) is 3.59. The van der Waals surface area contributed by atoms with Gasteiger partial charge in [-0.25, -0.2) is 8.42 Å². The maximum Gasteiger partial charge on any atom is 0.218 e. The van der Waals surface area contributed by atoms with Gasteiger partial charge in [0, 0.05) is 16.7 Å². The van der Waals surface area contributed by atoms with Crippen molar-refractivity contribution in [3.05, 3.63) is 29.3 Å². The fourth-order valence-electron chi connectivity index (χ4n) is 1.26. The van der Waals surface area contributed by atoms with Crippen LogP contribution in [0.25, 0.3) is 0 Å². The molecular weight excluding hydrogens is 300 g/mol. The second kappa shape index (κ2) is 5.93. The molecule has 0 aliphatic heterocycles. The predicted octanol–water partition coefficient (Wildman–Crippen LogP) is 2.73. The number of carbonyl (C=O) groups is 1. The van der Waals surface area contributed by atoms with Crippen molar-refractivity contribution in [3.8, 4) is 0 Å². The van der Waals surface area contributed by atoms with E-state index in [0.717, 1.165) is 6.26 Å². The predicted molar refractivity (Wildman–Crippen MR) is 81.8 cm³/mol. The molecule has 0 aliphatic carbocycles. The summed E-state index contributed by atoms with van der Waals surface area (Å²) in [5, 5.41) is 3.81. The molecule has 0 radical (unpaired) electrons. The molecule has 7 heteroatoms. The van der Waals surface area contributed by atoms with E-state index in [4.69, 9.17) is 11.6 Å². The van der Waals surface area contributed by atoms with Crippen molar-refractivity contribution in [2.24, 2.45) is 10.5 Å². The average molecular weight is 317 g/mol. The standard InChI is InChI=1S/C13H17ClN2O3S/c1-13(2,3)11(17)12(20(4,18)19)16-15-10-7-5-9(14)6-8-10/h5-8,15H,1-4H3/b16-12-. The lowest BCUT2D eigenvalue weighted by Gasteiger charge is -2.16. The maximum absolute atomic E-state index is 12.1. The minimum absolute atomic E-state index is 0.486. The molecule has 0 spiro atoms. The first kappa shape index (κ1) is 16.7. The van der Waals surface area contributed by atoms with Crippen LogP contribution in [0.5, 0.6) is 0 Å². The average Bonchev–Trinajstić information content (AvgIpc) is 2.28. The van der Waals surface area contributed by atoms with Crippen LogP contribution in [0.3, 0.4) is 0 Å². The van der Waals surface area contributed by atoms with Crippen molar-refractivity contribution >= 4 is 38.0 Å². The summed E-state index contributed by atoms with van der Waals surface area (Å²) in [5.41, 5.74) is 2.27. The number of ketones is 1. The normalized spacial score (nSPS) is 13.2. The van der Waals surface area contributed by atoms with E-state index in [1.807, 2.05) is 0 Å². The van der Waals surface area contributed by atoms with Gasteiger partial charge in [0.2, 0.25) is 5.04 Å². The monoisotopic (exact) mass is 316 g/mol. The van der Waals surface area contributed by atoms with Gasteiger partial charge in [0.1, 0.15) is 0 Å². The number of rotatable bonds is 3. The highest BCUT2D eigenvalue weighted by Gasteiger charge is 2.32. The molecule has 110 valence electrons. The van der Waals surface area contributed by atoms with E-state index in [0.29, 0.717) is 10.7 Å². The Morgan fingerprint density at radius 1 is 1.20 bits per heavy atom. The number of anilines is 1. The van der Waals surface area contributed by atoms with Gasteiger partial charge in [-0.05, 0) is 24.3 Å². The first-order valence-corrected chi connectivity index (χ1v) is 8.13. The van der Waals surface area contributed by atoms with Crippen LogP contribution in [-0.4, -0.2) is 25.5 Å². The van der Waals surface area contributed by atoms with E-state index in [-0.39, 0.29) is 0 Å². The number of halogens is 1. The Morgan fingerprint density at radius 2 is 1.70 bits per heavy atom. The summed E-state index contributed by atoms with van der Waals surface area (Å²) in [6.45, 7) is 4.91. The van der Waals surface area contributed by atoms with E-state index in [1.54, 1.807) is 45.0 Å². The third kappa shape index (κ3) is 4.61. The molecule has 20 heavy (non-hydrogen) atoms. The molecule has 0 saturated heterocycles. The number of Topliss-reactive ketones (excluding diaryl/α,β-unsaturated/α-hetero) is 1. The van der Waals surface area contributed by atoms with E-state index in [2.05, 4.69) is 10.5 Å². The highest BCUT2D eigenvalue weighted by atomic mass is 35.5. The fourth-order valence-corrected chi connectivity index (χ4v) is 2.24. The van der Waals surface area contributed by atoms with Gasteiger partial charge in [-0.2, -0.15) is 5.10 Å². The molecule has 1 aromatic rings. The number of hydrazone groups is 1. The van der Waals surface area contributed by atoms with Crippen LogP contribution >= 0.6 is 11.6 Å². The van der Waals surface area contributed by atoms with Crippen LogP contribution in [0.2, 0.25) is 5.02 Å². The van der Waals surface area contributed by atoms with Crippen LogP contribution in [0.4, 0.5) is 5.69 Å². The van der Waals surface area contributed by atoms with Crippen molar-refractivity contribution in [2.75, 3.05) is 11.7 Å². The second-order valence-electron chi connectivity index (χ2n) is 5.39. The topological polar surface area (TPSA) is 75.6 Å². The largest absolute Gasteiger partial charge is 0.291 e. The van der Waals surface area contributed by atoms with Crippen molar-refractivity contribution in [2.45, 2.75) is 20.8 Å². The zero-order valence-electron chi connectivity index (χ0n) is 11.8. The van der Waals surface area contributed by atoms with Crippen LogP contribution < -0.4 is 5.43 Å². The van der Waals surface area contributed by atoms with Gasteiger partial charge in [0.25, 0.3) is 0 Å². The molecule has 0 atom stereocenters. The first-order chi connectivity index (χ1) is 9.01. The van der Waals surface area contributed by atoms with Gasteiger partial charge in [-0.3, -0.25) is 10.2 Å². The molecular formula is C13H17ClN2O3S. The number of carbonyl (C=O) groups excluding carboxylic acids is 1. The first-order valence-electron chi connectivity index (χ1n) is 5.86. The van der Waals surface area contributed by atoms with E-state index < -0.39 is 26.1 Å². The summed E-state index contributed by atoms with van der Waals surface area (Å²) in [4.78, 5) is 12.1. The number of sulfone groups is 1. The molecule has 0 unspecified atom stereocenters. The second-order valence-corrected chi connectivity index (χ2v) is 7.75. The SMILES string of the molecule is CC(C)(C)C(=O)/C(=N/Nc1ccc(Cl)cc1)S(C)(=O)=O. The van der Waals surface area contributed by atoms with Crippen LogP contribution in [-0.2, 0) is 14.6 Å². The van der Waals surface area contributed by atoms with Gasteiger partial charge in [0.05, 0.1) is 5.69 Å². The summed E-state index contributed by atoms with van der Waals surface area (Å²) in [6, 6.07) is 6.52. The van der Waals surface area contributed by atoms with Gasteiger partial charge in [-0.1, -0.05) is 32.4 Å². The quantitative estimate of drug-likeness (QED) is 0.528. The fraction of sp³-hybridized carbons (Fsp3) is 0.385. The number of hydrogen-bond acceptors (Lipinski definition) is 5. The van der Waals surface area contributed by atoms with E-state index >= 15 is 0 Å². The van der Waals surface area contributed by atoms with Crippen molar-refractivity contribution in [1.82, 2.24) is 0 Å². The highest BCUT2D eigenvalue weighted by molar-refractivity contribution is 8.07. The van der Waals surface area contributed by atoms with E-state index in [9.17, 15) is 13.2 Å². The van der Waals surface area contributed by atoms with Crippen LogP contribution in [0, 0.1) is 5.41 Å². The summed E-state index contributed by atoms with van der Waals surface area (Å²) in [5.74, 6) is -0.540. The lowest BCUT2D eigenvalue weighted by molar-refractivity contribution is -0.119. The Bertz CT molecular complexity index is 629. The lowest BCUT2D eigenvalue weighted by Crippen LogP contribution is -2.34. The third-order valence-electron chi connectivity index (χ3n) is 2.36. The van der Waals surface area contributed by atoms with Crippen molar-refractivity contribution in [3.63, 3.8) is 0 Å². The zero-order chi connectivity index (χ0) is 15.6. The van der Waals surface area contributed by atoms with Crippen LogP contribution in [0.15, 0.2) is 29.4 Å². The lowest BCUT2D eigenvalue weighted by atomic mass is 9.91. The molecule has 5 nitrogen and oxygen atoms in total. The van der Waals surface area contributed by atoms with Crippen molar-refractivity contribution < 1.29 is 13.2 Å². The highest BCUT2D eigenvalue weighted by Crippen LogP contribution is 2.18. The van der Waals surface area contributed by atoms with E-state index in [1.165, 1.54) is 0 Å². The molecule has 1 N–H and O–H groups in total. The maximum atomic E-state index is 12.1. The van der Waals surface area contributed by atoms with Gasteiger partial charge in [-0.15, -0.1) is 0 Å². The van der Waals surface area contributed by atoms with Gasteiger partial charge in [0.15, 0.2) is 15.6 Å². The number of hydrogen-bond donors (Lipinski definition) is 1. The Balaban J connectivity index is 3.10. The molecule has 1 rings (SSSR count). The minimum atomic E-state index is -3.71. The minimum Gasteiger partial charge on any atom is -0.291 e. The number of nitrogens with zero attached hydrogens (tertiary/aromatic N) is 1. The summed E-state index contributed by atoms with van der Waals surface area (Å²) < 4.78 is 23.4. The zero-order valence-corrected chi connectivity index (χ0v) is 13.3. The summed E-state index contributed by atoms with van der Waals surface area (Å²) in [6.07, 6.45) is 0.957. The smallest absolute Gasteiger partial charge is 0.218 e. The molecule has 1 aromatic carbocycles. The van der Waals surface area contributed by atoms with Gasteiger partial charge >= 0.3 is 0 Å². The molecule has 0 fully saturated rings. The molecule has 0 bridgehead atoms. The molecule has 0 heterocycles. The molecule has 0 aromatic heterocycles. The number of benzene rings is 1. The molecule has 0 aliphatic rings. The van der Waals surface area contributed by atoms with Gasteiger partial charge < -0.3 is 0 Å². The van der Waals surface area contributed by atoms with Crippen LogP contribution in [0.1, 0.15) is 20.8 Å².